The molecule has 18 heavy (non-hydrogen) atoms. The van der Waals surface area contributed by atoms with Gasteiger partial charge in [-0.15, -0.1) is 0 Å². The highest BCUT2D eigenvalue weighted by molar-refractivity contribution is 5.89. The van der Waals surface area contributed by atoms with Gasteiger partial charge in [0, 0.05) is 19.1 Å². The van der Waals surface area contributed by atoms with Crippen molar-refractivity contribution in [2.24, 2.45) is 0 Å². The van der Waals surface area contributed by atoms with Crippen molar-refractivity contribution >= 4 is 11.7 Å². The van der Waals surface area contributed by atoms with Crippen LogP contribution in [-0.4, -0.2) is 33.8 Å². The molecular formula is C12H20N4O2. The van der Waals surface area contributed by atoms with Gasteiger partial charge in [0.15, 0.2) is 0 Å². The van der Waals surface area contributed by atoms with Gasteiger partial charge in [0.1, 0.15) is 5.82 Å². The lowest BCUT2D eigenvalue weighted by molar-refractivity contribution is 0.237. The Kier molecular flexibility index (Phi) is 6.07. The van der Waals surface area contributed by atoms with Gasteiger partial charge in [-0.1, -0.05) is 13.8 Å². The van der Waals surface area contributed by atoms with Gasteiger partial charge < -0.3 is 15.7 Å². The normalized spacial score (nSPS) is 11.9. The molecule has 1 aromatic heterocycles. The topological polar surface area (TPSA) is 87.1 Å². The van der Waals surface area contributed by atoms with Crippen LogP contribution in [0.1, 0.15) is 32.5 Å². The number of aliphatic hydroxyl groups excluding tert-OH is 1. The predicted molar refractivity (Wildman–Crippen MR) is 69.3 cm³/mol. The molecule has 0 aliphatic rings. The maximum absolute atomic E-state index is 11.7. The zero-order chi connectivity index (χ0) is 13.4. The fourth-order valence-electron chi connectivity index (χ4n) is 1.49. The lowest BCUT2D eigenvalue weighted by Gasteiger charge is -2.16. The van der Waals surface area contributed by atoms with E-state index in [1.807, 2.05) is 13.8 Å². The number of aromatic nitrogens is 2. The number of anilines is 1. The number of aryl methyl sites for hydroxylation is 1. The van der Waals surface area contributed by atoms with Crippen molar-refractivity contribution in [2.75, 3.05) is 11.9 Å². The summed E-state index contributed by atoms with van der Waals surface area (Å²) in [5.41, 5.74) is 0.559. The van der Waals surface area contributed by atoms with Crippen LogP contribution >= 0.6 is 0 Å². The second kappa shape index (κ2) is 7.60. The van der Waals surface area contributed by atoms with E-state index in [0.29, 0.717) is 12.1 Å². The van der Waals surface area contributed by atoms with Gasteiger partial charge in [0.05, 0.1) is 18.1 Å². The first-order valence-corrected chi connectivity index (χ1v) is 6.18. The monoisotopic (exact) mass is 252 g/mol. The summed E-state index contributed by atoms with van der Waals surface area (Å²) in [5, 5.41) is 14.3. The van der Waals surface area contributed by atoms with Crippen LogP contribution in [0.5, 0.6) is 0 Å². The molecule has 0 fully saturated rings. The SMILES string of the molecule is CCc1ncc(NC(=O)NC(CC)CCO)cn1. The molecule has 0 aliphatic heterocycles. The molecule has 0 spiro atoms. The van der Waals surface area contributed by atoms with Crippen LogP contribution in [0.15, 0.2) is 12.4 Å². The largest absolute Gasteiger partial charge is 0.396 e. The highest BCUT2D eigenvalue weighted by Gasteiger charge is 2.09. The average Bonchev–Trinajstić information content (AvgIpc) is 2.39. The molecule has 6 heteroatoms. The van der Waals surface area contributed by atoms with E-state index in [1.54, 1.807) is 12.4 Å². The Balaban J connectivity index is 2.47. The van der Waals surface area contributed by atoms with Gasteiger partial charge in [-0.25, -0.2) is 14.8 Å². The molecule has 0 saturated carbocycles. The van der Waals surface area contributed by atoms with Crippen LogP contribution in [0.2, 0.25) is 0 Å². The number of rotatable bonds is 6. The summed E-state index contributed by atoms with van der Waals surface area (Å²) >= 11 is 0. The molecule has 2 amide bonds. The summed E-state index contributed by atoms with van der Waals surface area (Å²) < 4.78 is 0. The van der Waals surface area contributed by atoms with Crippen molar-refractivity contribution in [3.05, 3.63) is 18.2 Å². The van der Waals surface area contributed by atoms with Gasteiger partial charge in [-0.05, 0) is 12.8 Å². The summed E-state index contributed by atoms with van der Waals surface area (Å²) in [6.07, 6.45) is 5.26. The van der Waals surface area contributed by atoms with Crippen molar-refractivity contribution in [1.29, 1.82) is 0 Å². The first-order chi connectivity index (χ1) is 8.69. The Hall–Kier alpha value is -1.69. The van der Waals surface area contributed by atoms with Crippen molar-refractivity contribution in [3.8, 4) is 0 Å². The van der Waals surface area contributed by atoms with E-state index in [0.717, 1.165) is 18.7 Å². The van der Waals surface area contributed by atoms with Gasteiger partial charge >= 0.3 is 6.03 Å². The highest BCUT2D eigenvalue weighted by atomic mass is 16.3. The Bertz CT molecular complexity index is 367. The molecule has 0 saturated heterocycles. The van der Waals surface area contributed by atoms with Gasteiger partial charge in [0.25, 0.3) is 0 Å². The maximum atomic E-state index is 11.7. The van der Waals surface area contributed by atoms with Crippen LogP contribution in [0.3, 0.4) is 0 Å². The molecule has 0 bridgehead atoms. The third kappa shape index (κ3) is 4.67. The Morgan fingerprint density at radius 2 is 2.06 bits per heavy atom. The molecule has 1 atom stereocenters. The first-order valence-electron chi connectivity index (χ1n) is 6.18. The standard InChI is InChI=1S/C12H20N4O2/c1-3-9(5-6-17)15-12(18)16-10-7-13-11(4-2)14-8-10/h7-9,17H,3-6H2,1-2H3,(H2,15,16,18). The fraction of sp³-hybridized carbons (Fsp3) is 0.583. The van der Waals surface area contributed by atoms with E-state index >= 15 is 0 Å². The zero-order valence-corrected chi connectivity index (χ0v) is 10.8. The lowest BCUT2D eigenvalue weighted by Crippen LogP contribution is -2.38. The molecule has 1 rings (SSSR count). The van der Waals surface area contributed by atoms with Crippen LogP contribution < -0.4 is 10.6 Å². The lowest BCUT2D eigenvalue weighted by atomic mass is 10.2. The van der Waals surface area contributed by atoms with Crippen molar-refractivity contribution in [3.63, 3.8) is 0 Å². The number of hydrogen-bond donors (Lipinski definition) is 3. The number of nitrogens with zero attached hydrogens (tertiary/aromatic N) is 2. The Morgan fingerprint density at radius 3 is 2.56 bits per heavy atom. The summed E-state index contributed by atoms with van der Waals surface area (Å²) in [4.78, 5) is 19.8. The van der Waals surface area contributed by atoms with Crippen LogP contribution in [0, 0.1) is 0 Å². The number of hydrogen-bond acceptors (Lipinski definition) is 4. The van der Waals surface area contributed by atoms with Crippen LogP contribution in [0.25, 0.3) is 0 Å². The molecule has 1 unspecified atom stereocenters. The van der Waals surface area contributed by atoms with Gasteiger partial charge in [0.2, 0.25) is 0 Å². The van der Waals surface area contributed by atoms with Crippen molar-refractivity contribution in [1.82, 2.24) is 15.3 Å². The van der Waals surface area contributed by atoms with Crippen LogP contribution in [-0.2, 0) is 6.42 Å². The summed E-state index contributed by atoms with van der Waals surface area (Å²) in [6, 6.07) is -0.325. The van der Waals surface area contributed by atoms with E-state index in [1.165, 1.54) is 0 Å². The smallest absolute Gasteiger partial charge is 0.319 e. The molecule has 100 valence electrons. The summed E-state index contributed by atoms with van der Waals surface area (Å²) in [7, 11) is 0. The molecule has 1 heterocycles. The summed E-state index contributed by atoms with van der Waals surface area (Å²) in [5.74, 6) is 0.743. The zero-order valence-electron chi connectivity index (χ0n) is 10.8. The molecule has 0 aromatic carbocycles. The molecule has 3 N–H and O–H groups in total. The number of carbonyl (C=O) groups excluding carboxylic acids is 1. The van der Waals surface area contributed by atoms with E-state index in [2.05, 4.69) is 20.6 Å². The first kappa shape index (κ1) is 14.4. The Labute approximate surface area is 107 Å². The number of aliphatic hydroxyl groups is 1. The maximum Gasteiger partial charge on any atom is 0.319 e. The van der Waals surface area contributed by atoms with Crippen LogP contribution in [0.4, 0.5) is 10.5 Å². The molecular weight excluding hydrogens is 232 g/mol. The van der Waals surface area contributed by atoms with Crippen molar-refractivity contribution in [2.45, 2.75) is 39.2 Å². The van der Waals surface area contributed by atoms with E-state index in [9.17, 15) is 4.79 Å². The number of carbonyl (C=O) groups is 1. The number of urea groups is 1. The third-order valence-electron chi connectivity index (χ3n) is 2.58. The van der Waals surface area contributed by atoms with E-state index in [-0.39, 0.29) is 18.7 Å². The molecule has 0 aliphatic carbocycles. The second-order valence-electron chi connectivity index (χ2n) is 3.96. The quantitative estimate of drug-likeness (QED) is 0.712. The minimum Gasteiger partial charge on any atom is -0.396 e. The van der Waals surface area contributed by atoms with Gasteiger partial charge in [-0.3, -0.25) is 0 Å². The second-order valence-corrected chi connectivity index (χ2v) is 3.96. The number of amides is 2. The predicted octanol–water partition coefficient (Wildman–Crippen LogP) is 1.32. The average molecular weight is 252 g/mol. The van der Waals surface area contributed by atoms with E-state index in [4.69, 9.17) is 5.11 Å². The molecule has 0 radical (unpaired) electrons. The van der Waals surface area contributed by atoms with Gasteiger partial charge in [-0.2, -0.15) is 0 Å². The molecule has 6 nitrogen and oxygen atoms in total. The fourth-order valence-corrected chi connectivity index (χ4v) is 1.49. The highest BCUT2D eigenvalue weighted by Crippen LogP contribution is 2.04. The Morgan fingerprint density at radius 1 is 1.39 bits per heavy atom. The minimum absolute atomic E-state index is 0.0224. The summed E-state index contributed by atoms with van der Waals surface area (Å²) in [6.45, 7) is 3.99. The third-order valence-corrected chi connectivity index (χ3v) is 2.58. The van der Waals surface area contributed by atoms with Crippen molar-refractivity contribution < 1.29 is 9.90 Å². The number of nitrogens with one attached hydrogen (secondary N) is 2. The minimum atomic E-state index is -0.303. The van der Waals surface area contributed by atoms with E-state index < -0.39 is 0 Å². The molecule has 1 aromatic rings.